The first-order valence-electron chi connectivity index (χ1n) is 17.3. The number of amides is 3. The van der Waals surface area contributed by atoms with Crippen molar-refractivity contribution in [3.63, 3.8) is 0 Å². The van der Waals surface area contributed by atoms with Crippen LogP contribution in [0.2, 0.25) is 0 Å². The molecule has 0 spiro atoms. The molecule has 3 amide bonds. The maximum absolute atomic E-state index is 13.9. The molecule has 2 aliphatic rings. The van der Waals surface area contributed by atoms with Crippen molar-refractivity contribution >= 4 is 17.7 Å². The van der Waals surface area contributed by atoms with E-state index in [4.69, 9.17) is 23.8 Å². The normalized spacial score (nSPS) is 29.5. The molecule has 1 saturated carbocycles. The zero-order valence-corrected chi connectivity index (χ0v) is 21.0. The summed E-state index contributed by atoms with van der Waals surface area (Å²) in [6.45, 7) is -10.8. The summed E-state index contributed by atoms with van der Waals surface area (Å²) in [5, 5.41) is 16.2. The van der Waals surface area contributed by atoms with Crippen LogP contribution in [0.15, 0.2) is 30.3 Å². The second kappa shape index (κ2) is 12.8. The predicted octanol–water partition coefficient (Wildman–Crippen LogP) is 1.07. The number of nitrogens with one attached hydrogen (secondary N) is 2. The Bertz CT molecular complexity index is 1180. The summed E-state index contributed by atoms with van der Waals surface area (Å²) >= 11 is 0. The fraction of sp³-hybridized carbons (Fsp3) is 0.679. The standard InChI is InChI=1S/C28H45N5O4/c1-28(2,3)32-27(37)23-14-19-11-7-8-12-20(19)16-33(23)17-24(34)22(13-18-9-5-4-6-10-18)31-26(36)21(29)15-25(30)35/h4-6,9-10,19-24,34H,7-8,11-17,29H2,1-3H3,(H2,30,35)(H,31,36)(H,32,37)/t19-,20+,21-,22-,23-,24+/m0/s1/i1D3,2D3,3D3. The van der Waals surface area contributed by atoms with Crippen molar-refractivity contribution in [3.05, 3.63) is 35.9 Å². The number of β-amino-alcohol motifs (C(OH)–C–C–N with tert-alkyl or cyclic N) is 1. The largest absolute Gasteiger partial charge is 0.390 e. The lowest BCUT2D eigenvalue weighted by molar-refractivity contribution is -0.133. The lowest BCUT2D eigenvalue weighted by Gasteiger charge is -2.47. The van der Waals surface area contributed by atoms with Gasteiger partial charge in [-0.05, 0) is 57.2 Å². The van der Waals surface area contributed by atoms with Gasteiger partial charge in [0.25, 0.3) is 0 Å². The third kappa shape index (κ3) is 8.79. The van der Waals surface area contributed by atoms with Crippen LogP contribution in [0.4, 0.5) is 0 Å². The zero-order chi connectivity index (χ0) is 34.7. The summed E-state index contributed by atoms with van der Waals surface area (Å²) in [4.78, 5) is 39.8. The number of hydrogen-bond acceptors (Lipinski definition) is 6. The number of hydrogen-bond donors (Lipinski definition) is 5. The number of rotatable bonds is 10. The number of likely N-dealkylation sites (tertiary alicyclic amines) is 1. The number of carbonyl (C=O) groups is 3. The van der Waals surface area contributed by atoms with Crippen LogP contribution in [0.5, 0.6) is 0 Å². The minimum atomic E-state index is -3.62. The van der Waals surface area contributed by atoms with E-state index in [1.807, 2.05) is 5.32 Å². The Hall–Kier alpha value is -2.49. The van der Waals surface area contributed by atoms with E-state index in [0.29, 0.717) is 6.54 Å². The number of nitrogens with zero attached hydrogens (tertiary/aromatic N) is 1. The molecule has 9 nitrogen and oxygen atoms in total. The number of primary amides is 1. The maximum Gasteiger partial charge on any atom is 0.237 e. The number of carbonyl (C=O) groups excluding carboxylic acids is 3. The number of benzene rings is 1. The Morgan fingerprint density at radius 2 is 1.84 bits per heavy atom. The highest BCUT2D eigenvalue weighted by Gasteiger charge is 2.41. The number of piperidine rings is 1. The van der Waals surface area contributed by atoms with E-state index in [0.717, 1.165) is 31.2 Å². The number of fused-ring (bicyclic) bond motifs is 1. The summed E-state index contributed by atoms with van der Waals surface area (Å²) in [5.41, 5.74) is 8.25. The van der Waals surface area contributed by atoms with Crippen LogP contribution >= 0.6 is 0 Å². The predicted molar refractivity (Wildman–Crippen MR) is 143 cm³/mol. The summed E-state index contributed by atoms with van der Waals surface area (Å²) < 4.78 is 71.4. The molecule has 0 bridgehead atoms. The molecule has 9 heteroatoms. The average Bonchev–Trinajstić information content (AvgIpc) is 2.93. The monoisotopic (exact) mass is 524 g/mol. The minimum absolute atomic E-state index is 0.0483. The zero-order valence-electron chi connectivity index (χ0n) is 30.0. The van der Waals surface area contributed by atoms with Crippen molar-refractivity contribution in [2.24, 2.45) is 23.3 Å². The molecular formula is C28H45N5O4. The molecule has 0 aromatic heterocycles. The van der Waals surface area contributed by atoms with Gasteiger partial charge in [0.1, 0.15) is 0 Å². The van der Waals surface area contributed by atoms with Gasteiger partial charge in [-0.2, -0.15) is 0 Å². The van der Waals surface area contributed by atoms with Crippen molar-refractivity contribution in [2.75, 3.05) is 13.1 Å². The molecule has 1 heterocycles. The average molecular weight is 525 g/mol. The van der Waals surface area contributed by atoms with Crippen molar-refractivity contribution in [1.82, 2.24) is 15.5 Å². The summed E-state index contributed by atoms with van der Waals surface area (Å²) in [7, 11) is 0. The smallest absolute Gasteiger partial charge is 0.237 e. The molecule has 37 heavy (non-hydrogen) atoms. The highest BCUT2D eigenvalue weighted by molar-refractivity contribution is 5.87. The van der Waals surface area contributed by atoms with Gasteiger partial charge in [-0.3, -0.25) is 19.3 Å². The SMILES string of the molecule is [2H]C([2H])([2H])C(NC(=O)[C@@H]1C[C@@H]2CCCC[C@@H]2CN1C[C@@H](O)[C@H](Cc1ccccc1)NC(=O)[C@@H](N)CC(N)=O)(C([2H])([2H])[2H])C([2H])([2H])[2H]. The third-order valence-electron chi connectivity index (χ3n) is 7.39. The first kappa shape index (κ1) is 18.7. The van der Waals surface area contributed by atoms with Crippen LogP contribution in [0.3, 0.4) is 0 Å². The van der Waals surface area contributed by atoms with E-state index in [1.165, 1.54) is 0 Å². The van der Waals surface area contributed by atoms with Crippen molar-refractivity contribution < 1.29 is 31.8 Å². The van der Waals surface area contributed by atoms with Crippen LogP contribution in [-0.2, 0) is 20.8 Å². The first-order chi connectivity index (χ1) is 21.2. The van der Waals surface area contributed by atoms with Gasteiger partial charge in [-0.15, -0.1) is 0 Å². The molecule has 206 valence electrons. The van der Waals surface area contributed by atoms with E-state index < -0.39 is 74.5 Å². The summed E-state index contributed by atoms with van der Waals surface area (Å²) in [6, 6.07) is 5.55. The topological polar surface area (TPSA) is 151 Å². The highest BCUT2D eigenvalue weighted by Crippen LogP contribution is 2.39. The first-order valence-corrected chi connectivity index (χ1v) is 12.8. The number of aliphatic hydroxyl groups is 1. The molecule has 6 atom stereocenters. The van der Waals surface area contributed by atoms with Gasteiger partial charge in [0.05, 0.1) is 30.7 Å². The lowest BCUT2D eigenvalue weighted by Crippen LogP contribution is -2.60. The molecule has 0 unspecified atom stereocenters. The molecule has 3 rings (SSSR count). The Kier molecular flexibility index (Phi) is 6.50. The van der Waals surface area contributed by atoms with E-state index in [2.05, 4.69) is 5.32 Å². The van der Waals surface area contributed by atoms with Crippen LogP contribution in [0.25, 0.3) is 0 Å². The second-order valence-electron chi connectivity index (χ2n) is 10.4. The van der Waals surface area contributed by atoms with Gasteiger partial charge in [0.2, 0.25) is 17.7 Å². The van der Waals surface area contributed by atoms with Crippen LogP contribution in [0, 0.1) is 11.8 Å². The summed E-state index contributed by atoms with van der Waals surface area (Å²) in [6.07, 6.45) is 2.11. The molecule has 1 aliphatic heterocycles. The minimum Gasteiger partial charge on any atom is -0.390 e. The van der Waals surface area contributed by atoms with Gasteiger partial charge in [0.15, 0.2) is 0 Å². The molecule has 7 N–H and O–H groups in total. The van der Waals surface area contributed by atoms with Gasteiger partial charge in [-0.25, -0.2) is 0 Å². The van der Waals surface area contributed by atoms with Gasteiger partial charge < -0.3 is 27.2 Å². The number of aliphatic hydroxyl groups excluding tert-OH is 1. The van der Waals surface area contributed by atoms with Crippen molar-refractivity contribution in [2.45, 2.75) is 95.3 Å². The van der Waals surface area contributed by atoms with Crippen LogP contribution in [0.1, 0.15) is 77.0 Å². The second-order valence-corrected chi connectivity index (χ2v) is 10.4. The molecule has 2 fully saturated rings. The quantitative estimate of drug-likeness (QED) is 0.309. The molecule has 1 aromatic carbocycles. The van der Waals surface area contributed by atoms with Gasteiger partial charge in [0, 0.05) is 31.0 Å². The summed E-state index contributed by atoms with van der Waals surface area (Å²) in [5.74, 6) is -2.40. The van der Waals surface area contributed by atoms with Crippen LogP contribution in [-0.4, -0.2) is 70.6 Å². The van der Waals surface area contributed by atoms with Crippen molar-refractivity contribution in [3.8, 4) is 0 Å². The number of nitrogens with two attached hydrogens (primary N) is 2. The van der Waals surface area contributed by atoms with Gasteiger partial charge in [-0.1, -0.05) is 49.6 Å². The maximum atomic E-state index is 13.9. The fourth-order valence-corrected chi connectivity index (χ4v) is 5.56. The van der Waals surface area contributed by atoms with E-state index in [-0.39, 0.29) is 31.2 Å². The Balaban J connectivity index is 1.95. The van der Waals surface area contributed by atoms with Crippen LogP contribution < -0.4 is 22.1 Å². The van der Waals surface area contributed by atoms with Crippen molar-refractivity contribution in [1.29, 1.82) is 0 Å². The molecule has 0 radical (unpaired) electrons. The molecule has 1 aromatic rings. The lowest BCUT2D eigenvalue weighted by atomic mass is 9.72. The highest BCUT2D eigenvalue weighted by atomic mass is 16.3. The van der Waals surface area contributed by atoms with E-state index in [1.54, 1.807) is 35.2 Å². The molecular weight excluding hydrogens is 470 g/mol. The third-order valence-corrected chi connectivity index (χ3v) is 7.39. The Labute approximate surface area is 233 Å². The van der Waals surface area contributed by atoms with E-state index >= 15 is 0 Å². The van der Waals surface area contributed by atoms with E-state index in [9.17, 15) is 19.5 Å². The molecule has 1 saturated heterocycles. The Morgan fingerprint density at radius 3 is 2.49 bits per heavy atom. The Morgan fingerprint density at radius 1 is 1.16 bits per heavy atom. The van der Waals surface area contributed by atoms with Gasteiger partial charge >= 0.3 is 0 Å². The molecule has 1 aliphatic carbocycles. The fourth-order valence-electron chi connectivity index (χ4n) is 5.56.